The Bertz CT molecular complexity index is 949. The molecule has 0 aliphatic carbocycles. The molecule has 2 heterocycles. The van der Waals surface area contributed by atoms with Gasteiger partial charge in [0.25, 0.3) is 0 Å². The Kier molecular flexibility index (Phi) is 7.31. The van der Waals surface area contributed by atoms with Crippen LogP contribution in [0.3, 0.4) is 0 Å². The molecule has 28 heavy (non-hydrogen) atoms. The van der Waals surface area contributed by atoms with E-state index in [1.54, 1.807) is 22.8 Å². The van der Waals surface area contributed by atoms with E-state index in [9.17, 15) is 13.2 Å². The van der Waals surface area contributed by atoms with Crippen LogP contribution in [0.5, 0.6) is 0 Å². The summed E-state index contributed by atoms with van der Waals surface area (Å²) >= 11 is 1.11. The van der Waals surface area contributed by atoms with Gasteiger partial charge in [0.15, 0.2) is 0 Å². The number of benzene rings is 1. The van der Waals surface area contributed by atoms with Crippen LogP contribution in [0.25, 0.3) is 10.2 Å². The number of rotatable bonds is 9. The van der Waals surface area contributed by atoms with Crippen molar-refractivity contribution in [2.75, 3.05) is 19.6 Å². The number of sulfonamides is 1. The molecule has 0 saturated carbocycles. The summed E-state index contributed by atoms with van der Waals surface area (Å²) in [5.41, 5.74) is 0.812. The van der Waals surface area contributed by atoms with Crippen LogP contribution < -0.4 is 9.60 Å². The van der Waals surface area contributed by atoms with Gasteiger partial charge in [0.2, 0.25) is 10.0 Å². The fourth-order valence-corrected chi connectivity index (χ4v) is 6.17. The average molecular weight is 426 g/mol. The molecule has 8 heteroatoms. The van der Waals surface area contributed by atoms with Crippen molar-refractivity contribution in [3.05, 3.63) is 27.9 Å². The van der Waals surface area contributed by atoms with Crippen molar-refractivity contribution in [2.45, 2.75) is 69.9 Å². The Labute approximate surface area is 171 Å². The normalized spacial score (nSPS) is 18.7. The quantitative estimate of drug-likeness (QED) is 0.625. The molecule has 2 aromatic rings. The van der Waals surface area contributed by atoms with Crippen molar-refractivity contribution in [3.8, 4) is 0 Å². The average Bonchev–Trinajstić information content (AvgIpc) is 3.00. The number of aryl methyl sites for hydroxylation is 1. The van der Waals surface area contributed by atoms with Gasteiger partial charge in [0, 0.05) is 19.1 Å². The number of hydrogen-bond donors (Lipinski definition) is 1. The Morgan fingerprint density at radius 2 is 2.04 bits per heavy atom. The zero-order valence-corrected chi connectivity index (χ0v) is 18.4. The van der Waals surface area contributed by atoms with Gasteiger partial charge in [-0.25, -0.2) is 13.1 Å². The zero-order chi connectivity index (χ0) is 20.1. The third kappa shape index (κ3) is 4.84. The summed E-state index contributed by atoms with van der Waals surface area (Å²) in [6, 6.07) is 5.61. The van der Waals surface area contributed by atoms with Crippen molar-refractivity contribution in [1.82, 2.24) is 14.2 Å². The number of aromatic nitrogens is 1. The van der Waals surface area contributed by atoms with Crippen LogP contribution in [-0.4, -0.2) is 43.6 Å². The molecule has 1 saturated heterocycles. The Morgan fingerprint density at radius 1 is 1.21 bits per heavy atom. The zero-order valence-electron chi connectivity index (χ0n) is 16.8. The molecule has 0 amide bonds. The monoisotopic (exact) mass is 425 g/mol. The number of nitrogens with zero attached hydrogens (tertiary/aromatic N) is 2. The van der Waals surface area contributed by atoms with E-state index in [4.69, 9.17) is 0 Å². The highest BCUT2D eigenvalue weighted by Crippen LogP contribution is 2.22. The summed E-state index contributed by atoms with van der Waals surface area (Å²) in [4.78, 5) is 14.8. The lowest BCUT2D eigenvalue weighted by molar-refractivity contribution is 0.143. The van der Waals surface area contributed by atoms with Crippen molar-refractivity contribution < 1.29 is 8.42 Å². The van der Waals surface area contributed by atoms with Crippen LogP contribution in [0, 0.1) is 0 Å². The van der Waals surface area contributed by atoms with Crippen LogP contribution in [0.4, 0.5) is 0 Å². The number of fused-ring (bicyclic) bond motifs is 1. The molecule has 0 radical (unpaired) electrons. The van der Waals surface area contributed by atoms with E-state index in [2.05, 4.69) is 16.5 Å². The van der Waals surface area contributed by atoms with Gasteiger partial charge in [-0.2, -0.15) is 0 Å². The van der Waals surface area contributed by atoms with Gasteiger partial charge in [-0.3, -0.25) is 9.36 Å². The third-order valence-corrected chi connectivity index (χ3v) is 7.93. The fraction of sp³-hybridized carbons (Fsp3) is 0.650. The summed E-state index contributed by atoms with van der Waals surface area (Å²) in [7, 11) is -3.56. The fourth-order valence-electron chi connectivity index (χ4n) is 4.04. The van der Waals surface area contributed by atoms with E-state index < -0.39 is 10.0 Å². The minimum Gasteiger partial charge on any atom is -0.300 e. The molecule has 1 fully saturated rings. The number of piperidine rings is 1. The lowest BCUT2D eigenvalue weighted by Crippen LogP contribution is -2.40. The smallest absolute Gasteiger partial charge is 0.300 e. The van der Waals surface area contributed by atoms with Gasteiger partial charge in [-0.05, 0) is 63.4 Å². The highest BCUT2D eigenvalue weighted by molar-refractivity contribution is 7.89. The van der Waals surface area contributed by atoms with E-state index >= 15 is 0 Å². The second-order valence-corrected chi connectivity index (χ2v) is 10.3. The highest BCUT2D eigenvalue weighted by atomic mass is 32.2. The molecule has 1 atom stereocenters. The maximum atomic E-state index is 12.7. The molecule has 1 aliphatic heterocycles. The van der Waals surface area contributed by atoms with E-state index in [0.717, 1.165) is 53.9 Å². The van der Waals surface area contributed by atoms with Gasteiger partial charge in [0.05, 0.1) is 15.1 Å². The van der Waals surface area contributed by atoms with Crippen molar-refractivity contribution in [3.63, 3.8) is 0 Å². The molecule has 3 rings (SSSR count). The van der Waals surface area contributed by atoms with Gasteiger partial charge in [-0.1, -0.05) is 31.6 Å². The van der Waals surface area contributed by atoms with Crippen LogP contribution >= 0.6 is 11.3 Å². The summed E-state index contributed by atoms with van der Waals surface area (Å²) in [6.45, 7) is 7.38. The molecule has 1 aliphatic rings. The molecule has 6 nitrogen and oxygen atoms in total. The molecular weight excluding hydrogens is 394 g/mol. The van der Waals surface area contributed by atoms with Gasteiger partial charge in [-0.15, -0.1) is 0 Å². The topological polar surface area (TPSA) is 71.4 Å². The molecule has 0 unspecified atom stereocenters. The van der Waals surface area contributed by atoms with E-state index in [1.807, 2.05) is 6.92 Å². The summed E-state index contributed by atoms with van der Waals surface area (Å²) in [6.07, 6.45) is 6.62. The van der Waals surface area contributed by atoms with Crippen LogP contribution in [0.1, 0.15) is 52.4 Å². The first kappa shape index (κ1) is 21.5. The summed E-state index contributed by atoms with van der Waals surface area (Å²) in [5.74, 6) is 0. The maximum Gasteiger partial charge on any atom is 0.308 e. The van der Waals surface area contributed by atoms with Crippen molar-refractivity contribution >= 4 is 31.6 Å². The highest BCUT2D eigenvalue weighted by Gasteiger charge is 2.21. The van der Waals surface area contributed by atoms with Crippen LogP contribution in [-0.2, 0) is 16.6 Å². The van der Waals surface area contributed by atoms with Crippen molar-refractivity contribution in [2.24, 2.45) is 0 Å². The molecule has 0 bridgehead atoms. The lowest BCUT2D eigenvalue weighted by atomic mass is 10.00. The van der Waals surface area contributed by atoms with E-state index in [0.29, 0.717) is 19.1 Å². The molecule has 1 aromatic heterocycles. The lowest BCUT2D eigenvalue weighted by Gasteiger charge is -2.35. The summed E-state index contributed by atoms with van der Waals surface area (Å²) in [5, 5.41) is 0. The Hall–Kier alpha value is -1.22. The van der Waals surface area contributed by atoms with Crippen molar-refractivity contribution in [1.29, 1.82) is 0 Å². The maximum absolute atomic E-state index is 12.7. The number of thiazole rings is 1. The second-order valence-electron chi connectivity index (χ2n) is 7.49. The SMILES string of the molecule is CCCn1c(=O)sc2cc(S(=O)(=O)NCCCN3CCCC[C@@H]3CC)ccc21. The molecule has 1 aromatic carbocycles. The third-order valence-electron chi connectivity index (χ3n) is 5.53. The number of hydrogen-bond acceptors (Lipinski definition) is 5. The first-order valence-corrected chi connectivity index (χ1v) is 12.6. The Morgan fingerprint density at radius 3 is 2.79 bits per heavy atom. The van der Waals surface area contributed by atoms with E-state index in [-0.39, 0.29) is 9.77 Å². The Balaban J connectivity index is 1.62. The van der Waals surface area contributed by atoms with Gasteiger partial charge < -0.3 is 4.90 Å². The number of nitrogens with one attached hydrogen (secondary N) is 1. The molecular formula is C20H31N3O3S2. The second kappa shape index (κ2) is 9.52. The minimum absolute atomic E-state index is 0.0358. The molecule has 1 N–H and O–H groups in total. The largest absolute Gasteiger partial charge is 0.308 e. The number of likely N-dealkylation sites (tertiary alicyclic amines) is 1. The standard InChI is InChI=1S/C20H31N3O3S2/c1-3-12-23-18-10-9-17(15-19(18)27-20(23)24)28(25,26)21-11-7-14-22-13-6-5-8-16(22)4-2/h9-10,15-16,21H,3-8,11-14H2,1-2H3/t16-/m0/s1. The predicted octanol–water partition coefficient (Wildman–Crippen LogP) is 3.41. The van der Waals surface area contributed by atoms with Crippen LogP contribution in [0.15, 0.2) is 27.9 Å². The summed E-state index contributed by atoms with van der Waals surface area (Å²) < 4.78 is 30.5. The minimum atomic E-state index is -3.56. The molecule has 156 valence electrons. The first-order chi connectivity index (χ1) is 13.5. The van der Waals surface area contributed by atoms with Gasteiger partial charge >= 0.3 is 4.87 Å². The van der Waals surface area contributed by atoms with Crippen LogP contribution in [0.2, 0.25) is 0 Å². The first-order valence-electron chi connectivity index (χ1n) is 10.3. The predicted molar refractivity (Wildman–Crippen MR) is 116 cm³/mol. The molecule has 0 spiro atoms. The van der Waals surface area contributed by atoms with Gasteiger partial charge in [0.1, 0.15) is 0 Å². The van der Waals surface area contributed by atoms with E-state index in [1.165, 1.54) is 19.3 Å².